The van der Waals surface area contributed by atoms with E-state index in [1.807, 2.05) is 0 Å². The fraction of sp³-hybridized carbons (Fsp3) is 0.190. The molecule has 1 atom stereocenters. The number of nitrogens with one attached hydrogen (secondary N) is 2. The average molecular weight is 409 g/mol. The zero-order chi connectivity index (χ0) is 21.3. The topological polar surface area (TPSA) is 90.3 Å². The van der Waals surface area contributed by atoms with Gasteiger partial charge in [-0.05, 0) is 25.1 Å². The molecule has 2 heterocycles. The van der Waals surface area contributed by atoms with E-state index in [0.717, 1.165) is 0 Å². The summed E-state index contributed by atoms with van der Waals surface area (Å²) in [6.07, 6.45) is 1.36. The van der Waals surface area contributed by atoms with Crippen molar-refractivity contribution in [3.8, 4) is 11.5 Å². The number of methoxy groups -OCH3 is 2. The van der Waals surface area contributed by atoms with Gasteiger partial charge in [-0.1, -0.05) is 18.2 Å². The summed E-state index contributed by atoms with van der Waals surface area (Å²) in [5.74, 6) is 0.604. The molecule has 1 aliphatic heterocycles. The van der Waals surface area contributed by atoms with E-state index in [1.165, 1.54) is 24.2 Å². The largest absolute Gasteiger partial charge is 0.497 e. The van der Waals surface area contributed by atoms with Gasteiger partial charge in [-0.25, -0.2) is 9.07 Å². The number of fused-ring (bicyclic) bond motifs is 1. The van der Waals surface area contributed by atoms with Gasteiger partial charge < -0.3 is 20.1 Å². The van der Waals surface area contributed by atoms with Crippen molar-refractivity contribution in [2.24, 2.45) is 0 Å². The van der Waals surface area contributed by atoms with Gasteiger partial charge in [0.2, 0.25) is 5.95 Å². The first kappa shape index (κ1) is 19.4. The Morgan fingerprint density at radius 3 is 2.73 bits per heavy atom. The van der Waals surface area contributed by atoms with Crippen LogP contribution in [0.1, 0.15) is 18.5 Å². The molecule has 0 saturated heterocycles. The maximum Gasteiger partial charge on any atom is 0.255 e. The van der Waals surface area contributed by atoms with Crippen molar-refractivity contribution < 1.29 is 18.7 Å². The van der Waals surface area contributed by atoms with Gasteiger partial charge in [-0.3, -0.25) is 4.79 Å². The van der Waals surface area contributed by atoms with Gasteiger partial charge in [-0.15, -0.1) is 0 Å². The van der Waals surface area contributed by atoms with Crippen LogP contribution in [0, 0.1) is 5.82 Å². The number of carbonyl (C=O) groups is 1. The van der Waals surface area contributed by atoms with Crippen molar-refractivity contribution in [1.82, 2.24) is 14.8 Å². The molecule has 0 radical (unpaired) electrons. The number of ether oxygens (including phenoxy) is 2. The molecule has 2 aromatic carbocycles. The molecule has 154 valence electrons. The number of allylic oxidation sites excluding steroid dienone is 1. The van der Waals surface area contributed by atoms with E-state index in [-0.39, 0.29) is 0 Å². The van der Waals surface area contributed by atoms with Crippen LogP contribution in [0.5, 0.6) is 11.5 Å². The first-order chi connectivity index (χ1) is 14.5. The molecular weight excluding hydrogens is 389 g/mol. The number of benzene rings is 2. The minimum atomic E-state index is -0.783. The van der Waals surface area contributed by atoms with Crippen LogP contribution in [0.2, 0.25) is 0 Å². The number of hydrogen-bond acceptors (Lipinski definition) is 6. The molecule has 3 aromatic rings. The van der Waals surface area contributed by atoms with Crippen LogP contribution < -0.4 is 20.1 Å². The summed E-state index contributed by atoms with van der Waals surface area (Å²) in [5, 5.41) is 10.1. The van der Waals surface area contributed by atoms with Crippen LogP contribution in [0.15, 0.2) is 60.1 Å². The SMILES string of the molecule is COc1ccc(NC(=O)C2=C(C)Nc3ncnn3[C@H]2c2ccccc2F)c(OC)c1. The molecule has 0 unspecified atom stereocenters. The highest BCUT2D eigenvalue weighted by Gasteiger charge is 2.35. The molecule has 1 amide bonds. The van der Waals surface area contributed by atoms with Crippen LogP contribution in [0.4, 0.5) is 16.0 Å². The summed E-state index contributed by atoms with van der Waals surface area (Å²) in [5.41, 5.74) is 1.64. The Morgan fingerprint density at radius 1 is 1.20 bits per heavy atom. The molecule has 30 heavy (non-hydrogen) atoms. The molecule has 0 spiro atoms. The fourth-order valence-electron chi connectivity index (χ4n) is 3.46. The fourth-order valence-corrected chi connectivity index (χ4v) is 3.46. The van der Waals surface area contributed by atoms with Gasteiger partial charge in [0.25, 0.3) is 5.91 Å². The molecule has 1 aliphatic rings. The minimum Gasteiger partial charge on any atom is -0.497 e. The third kappa shape index (κ3) is 3.34. The summed E-state index contributed by atoms with van der Waals surface area (Å²) >= 11 is 0. The maximum atomic E-state index is 14.7. The normalized spacial score (nSPS) is 15.3. The molecule has 8 nitrogen and oxygen atoms in total. The lowest BCUT2D eigenvalue weighted by Gasteiger charge is -2.29. The van der Waals surface area contributed by atoms with Crippen molar-refractivity contribution >= 4 is 17.5 Å². The third-order valence-corrected chi connectivity index (χ3v) is 4.90. The van der Waals surface area contributed by atoms with E-state index >= 15 is 0 Å². The predicted molar refractivity (Wildman–Crippen MR) is 109 cm³/mol. The minimum absolute atomic E-state index is 0.316. The highest BCUT2D eigenvalue weighted by molar-refractivity contribution is 6.06. The lowest BCUT2D eigenvalue weighted by Crippen LogP contribution is -2.32. The second-order valence-electron chi connectivity index (χ2n) is 6.64. The average Bonchev–Trinajstić information content (AvgIpc) is 3.21. The molecular formula is C21H20FN5O3. The zero-order valence-electron chi connectivity index (χ0n) is 16.6. The molecule has 0 aliphatic carbocycles. The Kier molecular flexibility index (Phi) is 5.09. The lowest BCUT2D eigenvalue weighted by molar-refractivity contribution is -0.113. The second kappa shape index (κ2) is 7.86. The van der Waals surface area contributed by atoms with E-state index in [9.17, 15) is 9.18 Å². The Balaban J connectivity index is 1.76. The number of hydrogen-bond donors (Lipinski definition) is 2. The van der Waals surface area contributed by atoms with Gasteiger partial charge in [0.1, 0.15) is 29.7 Å². The summed E-state index contributed by atoms with van der Waals surface area (Å²) in [7, 11) is 3.05. The van der Waals surface area contributed by atoms with E-state index in [4.69, 9.17) is 9.47 Å². The lowest BCUT2D eigenvalue weighted by atomic mass is 9.94. The Morgan fingerprint density at radius 2 is 2.00 bits per heavy atom. The highest BCUT2D eigenvalue weighted by atomic mass is 19.1. The van der Waals surface area contributed by atoms with Crippen LogP contribution in [0.25, 0.3) is 0 Å². The third-order valence-electron chi connectivity index (χ3n) is 4.90. The van der Waals surface area contributed by atoms with Crippen LogP contribution >= 0.6 is 0 Å². The monoisotopic (exact) mass is 409 g/mol. The summed E-state index contributed by atoms with van der Waals surface area (Å²) < 4.78 is 26.7. The zero-order valence-corrected chi connectivity index (χ0v) is 16.6. The van der Waals surface area contributed by atoms with Crippen molar-refractivity contribution in [2.75, 3.05) is 24.9 Å². The molecule has 0 saturated carbocycles. The molecule has 0 fully saturated rings. The Hall–Kier alpha value is -3.88. The summed E-state index contributed by atoms with van der Waals surface area (Å²) in [4.78, 5) is 17.5. The van der Waals surface area contributed by atoms with Crippen molar-refractivity contribution in [3.05, 3.63) is 71.4 Å². The number of amides is 1. The van der Waals surface area contributed by atoms with Gasteiger partial charge in [0, 0.05) is 17.3 Å². The quantitative estimate of drug-likeness (QED) is 0.672. The van der Waals surface area contributed by atoms with Crippen molar-refractivity contribution in [1.29, 1.82) is 0 Å². The molecule has 2 N–H and O–H groups in total. The van der Waals surface area contributed by atoms with Crippen LogP contribution in [0.3, 0.4) is 0 Å². The summed E-state index contributed by atoms with van der Waals surface area (Å²) in [6.45, 7) is 1.74. The molecule has 1 aromatic heterocycles. The first-order valence-corrected chi connectivity index (χ1v) is 9.18. The predicted octanol–water partition coefficient (Wildman–Crippen LogP) is 3.36. The second-order valence-corrected chi connectivity index (χ2v) is 6.64. The van der Waals surface area contributed by atoms with Crippen LogP contribution in [-0.2, 0) is 4.79 Å². The number of aromatic nitrogens is 3. The Bertz CT molecular complexity index is 1140. The number of nitrogens with zero attached hydrogens (tertiary/aromatic N) is 3. The smallest absolute Gasteiger partial charge is 0.255 e. The van der Waals surface area contributed by atoms with Gasteiger partial charge in [0.05, 0.1) is 25.5 Å². The number of halogens is 1. The summed E-state index contributed by atoms with van der Waals surface area (Å²) in [6, 6.07) is 10.6. The maximum absolute atomic E-state index is 14.7. The first-order valence-electron chi connectivity index (χ1n) is 9.18. The van der Waals surface area contributed by atoms with E-state index in [0.29, 0.717) is 40.0 Å². The molecule has 9 heteroatoms. The number of carbonyl (C=O) groups excluding carboxylic acids is 1. The van der Waals surface area contributed by atoms with E-state index in [2.05, 4.69) is 20.7 Å². The van der Waals surface area contributed by atoms with Crippen LogP contribution in [-0.4, -0.2) is 34.9 Å². The Labute approximate surface area is 172 Å². The molecule has 4 rings (SSSR count). The molecule has 0 bridgehead atoms. The van der Waals surface area contributed by atoms with E-state index in [1.54, 1.807) is 50.4 Å². The van der Waals surface area contributed by atoms with Crippen molar-refractivity contribution in [3.63, 3.8) is 0 Å². The van der Waals surface area contributed by atoms with E-state index < -0.39 is 17.8 Å². The standard InChI is InChI=1S/C21H20FN5O3/c1-12-18(20(28)26-16-9-8-13(29-2)10-17(16)30-3)19(14-6-4-5-7-15(14)22)27-21(25-12)23-11-24-27/h4-11,19H,1-3H3,(H,26,28)(H,23,24,25)/t19-/m0/s1. The van der Waals surface area contributed by atoms with Crippen molar-refractivity contribution in [2.45, 2.75) is 13.0 Å². The van der Waals surface area contributed by atoms with Gasteiger partial charge in [0.15, 0.2) is 0 Å². The van der Waals surface area contributed by atoms with Gasteiger partial charge in [-0.2, -0.15) is 10.1 Å². The number of rotatable bonds is 5. The highest BCUT2D eigenvalue weighted by Crippen LogP contribution is 2.37. The number of anilines is 2. The van der Waals surface area contributed by atoms with Gasteiger partial charge >= 0.3 is 0 Å².